The van der Waals surface area contributed by atoms with E-state index < -0.39 is 11.8 Å². The van der Waals surface area contributed by atoms with Crippen LogP contribution in [0.25, 0.3) is 0 Å². The number of hydrogen-bond donors (Lipinski definition) is 2. The van der Waals surface area contributed by atoms with Crippen LogP contribution in [0.15, 0.2) is 47.6 Å². The number of nitrogens with zero attached hydrogens (tertiary/aromatic N) is 1. The largest absolute Gasteiger partial charge is 0.487 e. The highest BCUT2D eigenvalue weighted by Crippen LogP contribution is 2.26. The lowest BCUT2D eigenvalue weighted by molar-refractivity contribution is -0.139. The fourth-order valence-electron chi connectivity index (χ4n) is 2.06. The van der Waals surface area contributed by atoms with Crippen LogP contribution in [0.3, 0.4) is 0 Å². The highest BCUT2D eigenvalue weighted by Gasteiger charge is 2.14. The number of benzene rings is 2. The van der Waals surface area contributed by atoms with Crippen LogP contribution >= 0.6 is 23.2 Å². The smallest absolute Gasteiger partial charge is 0.329 e. The van der Waals surface area contributed by atoms with E-state index in [1.165, 1.54) is 6.21 Å². The Balaban J connectivity index is 1.89. The molecule has 0 aliphatic rings. The maximum absolute atomic E-state index is 11.7. The number of nitrogens with one attached hydrogen (secondary N) is 2. The molecule has 0 bridgehead atoms. The number of halogens is 2. The molecule has 0 radical (unpaired) electrons. The molecule has 0 saturated heterocycles. The molecule has 0 saturated carbocycles. The first-order valence-electron chi connectivity index (χ1n) is 8.69. The molecule has 2 aromatic carbocycles. The Morgan fingerprint density at radius 3 is 2.50 bits per heavy atom. The molecule has 148 valence electrons. The highest BCUT2D eigenvalue weighted by atomic mass is 35.5. The van der Waals surface area contributed by atoms with Gasteiger partial charge in [-0.05, 0) is 54.8 Å². The minimum atomic E-state index is -0.828. The Morgan fingerprint density at radius 1 is 1.14 bits per heavy atom. The van der Waals surface area contributed by atoms with E-state index in [4.69, 9.17) is 27.9 Å². The summed E-state index contributed by atoms with van der Waals surface area (Å²) in [6, 6.07) is 12.3. The lowest BCUT2D eigenvalue weighted by atomic mass is 10.2. The summed E-state index contributed by atoms with van der Waals surface area (Å²) in [5.74, 6) is -1.04. The minimum absolute atomic E-state index is 0.0820. The van der Waals surface area contributed by atoms with Crippen molar-refractivity contribution in [3.8, 4) is 5.75 Å². The van der Waals surface area contributed by atoms with Crippen LogP contribution in [0, 0.1) is 0 Å². The van der Waals surface area contributed by atoms with E-state index in [0.717, 1.165) is 12.0 Å². The van der Waals surface area contributed by atoms with Crippen molar-refractivity contribution in [3.63, 3.8) is 0 Å². The highest BCUT2D eigenvalue weighted by molar-refractivity contribution is 6.35. The number of hydrogen-bond acceptors (Lipinski definition) is 4. The number of hydrazone groups is 1. The molecule has 1 atom stereocenters. The van der Waals surface area contributed by atoms with Gasteiger partial charge >= 0.3 is 11.8 Å². The third-order valence-corrected chi connectivity index (χ3v) is 4.39. The first-order valence-corrected chi connectivity index (χ1v) is 9.45. The second-order valence-corrected chi connectivity index (χ2v) is 6.93. The molecule has 0 aromatic heterocycles. The maximum Gasteiger partial charge on any atom is 0.329 e. The van der Waals surface area contributed by atoms with Crippen LogP contribution in [0.2, 0.25) is 10.0 Å². The average molecular weight is 422 g/mol. The molecule has 0 unspecified atom stereocenters. The van der Waals surface area contributed by atoms with Crippen LogP contribution in [-0.2, 0) is 16.2 Å². The minimum Gasteiger partial charge on any atom is -0.487 e. The monoisotopic (exact) mass is 421 g/mol. The van der Waals surface area contributed by atoms with Crippen LogP contribution in [0.1, 0.15) is 31.4 Å². The summed E-state index contributed by atoms with van der Waals surface area (Å²) in [4.78, 5) is 23.3. The molecule has 2 rings (SSSR count). The van der Waals surface area contributed by atoms with E-state index in [1.54, 1.807) is 30.3 Å². The number of ether oxygens (including phenoxy) is 1. The average Bonchev–Trinajstić information content (AvgIpc) is 2.68. The fourth-order valence-corrected chi connectivity index (χ4v) is 2.43. The first-order chi connectivity index (χ1) is 13.4. The molecular formula is C20H21Cl2N3O3. The summed E-state index contributed by atoms with van der Waals surface area (Å²) in [6.07, 6.45) is 2.12. The zero-order valence-corrected chi connectivity index (χ0v) is 17.1. The van der Waals surface area contributed by atoms with Crippen LogP contribution in [0.4, 0.5) is 0 Å². The molecule has 6 nitrogen and oxygen atoms in total. The van der Waals surface area contributed by atoms with Gasteiger partial charge in [-0.15, -0.1) is 0 Å². The Bertz CT molecular complexity index is 854. The second-order valence-electron chi connectivity index (χ2n) is 6.09. The van der Waals surface area contributed by atoms with E-state index in [1.807, 2.05) is 26.0 Å². The Kier molecular flexibility index (Phi) is 8.29. The van der Waals surface area contributed by atoms with Gasteiger partial charge in [0.05, 0.1) is 11.2 Å². The van der Waals surface area contributed by atoms with E-state index in [9.17, 15) is 9.59 Å². The van der Waals surface area contributed by atoms with Crippen molar-refractivity contribution in [2.24, 2.45) is 5.10 Å². The SMILES string of the molecule is CC[C@H](C)NC(=O)C(=O)N/N=C\c1ccc(OCc2ccc(Cl)cc2)c(Cl)c1. The quantitative estimate of drug-likeness (QED) is 0.403. The molecule has 0 aliphatic heterocycles. The molecule has 0 heterocycles. The standard InChI is InChI=1S/C20H21Cl2N3O3/c1-3-13(2)24-19(26)20(27)25-23-11-15-6-9-18(17(22)10-15)28-12-14-4-7-16(21)8-5-14/h4-11,13H,3,12H2,1-2H3,(H,24,26)(H,25,27)/b23-11-/t13-/m0/s1. The number of amides is 2. The predicted molar refractivity (Wildman–Crippen MR) is 111 cm³/mol. The van der Waals surface area contributed by atoms with Crippen molar-refractivity contribution >= 4 is 41.2 Å². The van der Waals surface area contributed by atoms with Gasteiger partial charge in [0, 0.05) is 11.1 Å². The molecule has 8 heteroatoms. The maximum atomic E-state index is 11.7. The van der Waals surface area contributed by atoms with Crippen molar-refractivity contribution in [2.45, 2.75) is 32.9 Å². The van der Waals surface area contributed by atoms with Crippen LogP contribution in [0.5, 0.6) is 5.75 Å². The molecule has 28 heavy (non-hydrogen) atoms. The lowest BCUT2D eigenvalue weighted by Gasteiger charge is -2.09. The van der Waals surface area contributed by atoms with Gasteiger partial charge in [-0.2, -0.15) is 5.10 Å². The van der Waals surface area contributed by atoms with Crippen LogP contribution < -0.4 is 15.5 Å². The molecule has 0 aliphatic carbocycles. The summed E-state index contributed by atoms with van der Waals surface area (Å²) < 4.78 is 5.70. The van der Waals surface area contributed by atoms with Gasteiger partial charge in [0.2, 0.25) is 0 Å². The Morgan fingerprint density at radius 2 is 1.86 bits per heavy atom. The number of carbonyl (C=O) groups excluding carboxylic acids is 2. The van der Waals surface area contributed by atoms with Gasteiger partial charge < -0.3 is 10.1 Å². The van der Waals surface area contributed by atoms with Crippen molar-refractivity contribution in [1.29, 1.82) is 0 Å². The van der Waals surface area contributed by atoms with E-state index in [0.29, 0.717) is 28.0 Å². The van der Waals surface area contributed by atoms with Gasteiger partial charge in [-0.3, -0.25) is 9.59 Å². The molecular weight excluding hydrogens is 401 g/mol. The summed E-state index contributed by atoms with van der Waals surface area (Å²) in [6.45, 7) is 4.08. The van der Waals surface area contributed by atoms with Crippen molar-refractivity contribution in [3.05, 3.63) is 63.6 Å². The summed E-state index contributed by atoms with van der Waals surface area (Å²) in [7, 11) is 0. The third-order valence-electron chi connectivity index (χ3n) is 3.84. The van der Waals surface area contributed by atoms with Crippen molar-refractivity contribution in [1.82, 2.24) is 10.7 Å². The molecule has 2 aromatic rings. The van der Waals surface area contributed by atoms with Gasteiger partial charge in [-0.1, -0.05) is 42.3 Å². The van der Waals surface area contributed by atoms with Gasteiger partial charge in [-0.25, -0.2) is 5.43 Å². The van der Waals surface area contributed by atoms with E-state index in [2.05, 4.69) is 15.8 Å². The second kappa shape index (κ2) is 10.7. The van der Waals surface area contributed by atoms with Crippen LogP contribution in [-0.4, -0.2) is 24.1 Å². The summed E-state index contributed by atoms with van der Waals surface area (Å²) in [5, 5.41) is 7.39. The third kappa shape index (κ3) is 6.87. The Hall–Kier alpha value is -2.57. The van der Waals surface area contributed by atoms with Crippen molar-refractivity contribution in [2.75, 3.05) is 0 Å². The fraction of sp³-hybridized carbons (Fsp3) is 0.250. The van der Waals surface area contributed by atoms with Gasteiger partial charge in [0.1, 0.15) is 12.4 Å². The molecule has 2 amide bonds. The zero-order valence-electron chi connectivity index (χ0n) is 15.5. The van der Waals surface area contributed by atoms with Gasteiger partial charge in [0.25, 0.3) is 0 Å². The number of rotatable bonds is 7. The first kappa shape index (κ1) is 21.7. The molecule has 0 spiro atoms. The predicted octanol–water partition coefficient (Wildman–Crippen LogP) is 3.94. The van der Waals surface area contributed by atoms with Gasteiger partial charge in [0.15, 0.2) is 0 Å². The lowest BCUT2D eigenvalue weighted by Crippen LogP contribution is -2.41. The normalized spacial score (nSPS) is 11.9. The van der Waals surface area contributed by atoms with E-state index in [-0.39, 0.29) is 6.04 Å². The Labute approximate surface area is 173 Å². The van der Waals surface area contributed by atoms with Crippen molar-refractivity contribution < 1.29 is 14.3 Å². The zero-order chi connectivity index (χ0) is 20.5. The summed E-state index contributed by atoms with van der Waals surface area (Å²) >= 11 is 12.1. The topological polar surface area (TPSA) is 79.8 Å². The molecule has 2 N–H and O–H groups in total. The number of carbonyl (C=O) groups is 2. The van der Waals surface area contributed by atoms with E-state index >= 15 is 0 Å². The summed E-state index contributed by atoms with van der Waals surface area (Å²) in [5.41, 5.74) is 3.79. The molecule has 0 fully saturated rings.